The summed E-state index contributed by atoms with van der Waals surface area (Å²) in [4.78, 5) is 13.9. The van der Waals surface area contributed by atoms with Crippen LogP contribution in [0.1, 0.15) is 24.4 Å². The number of likely N-dealkylation sites (tertiary alicyclic amines) is 1. The number of carbonyl (C=O) groups excluding carboxylic acids is 1. The second kappa shape index (κ2) is 5.83. The van der Waals surface area contributed by atoms with Crippen LogP contribution < -0.4 is 0 Å². The zero-order valence-corrected chi connectivity index (χ0v) is 10.5. The van der Waals surface area contributed by atoms with E-state index in [0.29, 0.717) is 19.4 Å². The molecular formula is C15H19NO2. The van der Waals surface area contributed by atoms with Crippen molar-refractivity contribution in [3.8, 4) is 0 Å². The number of aliphatic hydroxyl groups excluding tert-OH is 1. The Morgan fingerprint density at radius 2 is 2.17 bits per heavy atom. The molecule has 2 unspecified atom stereocenters. The second-order valence-electron chi connectivity index (χ2n) is 4.68. The minimum absolute atomic E-state index is 0.0198. The first-order valence-corrected chi connectivity index (χ1v) is 6.34. The molecule has 0 saturated carbocycles. The van der Waals surface area contributed by atoms with Crippen molar-refractivity contribution in [3.05, 3.63) is 48.6 Å². The van der Waals surface area contributed by atoms with E-state index in [1.807, 2.05) is 41.3 Å². The van der Waals surface area contributed by atoms with Crippen LogP contribution in [0.3, 0.4) is 0 Å². The molecule has 18 heavy (non-hydrogen) atoms. The fraction of sp³-hybridized carbons (Fsp3) is 0.400. The number of hydrogen-bond donors (Lipinski definition) is 1. The van der Waals surface area contributed by atoms with Gasteiger partial charge in [0.1, 0.15) is 0 Å². The topological polar surface area (TPSA) is 40.5 Å². The van der Waals surface area contributed by atoms with Gasteiger partial charge in [-0.05, 0) is 12.0 Å². The van der Waals surface area contributed by atoms with Gasteiger partial charge in [0.05, 0.1) is 6.04 Å². The summed E-state index contributed by atoms with van der Waals surface area (Å²) in [5.41, 5.74) is 1.09. The van der Waals surface area contributed by atoms with Crippen LogP contribution in [-0.2, 0) is 4.79 Å². The average Bonchev–Trinajstić information content (AvgIpc) is 2.78. The standard InChI is InChI=1S/C15H19NO2/c1-2-12-10-15(18)16(11-12)14(8-9-17)13-6-4-3-5-7-13/h2-7,12,14,17H,1,8-11H2. The Balaban J connectivity index is 2.20. The molecule has 1 aromatic rings. The Hall–Kier alpha value is -1.61. The zero-order chi connectivity index (χ0) is 13.0. The first-order chi connectivity index (χ1) is 8.76. The highest BCUT2D eigenvalue weighted by atomic mass is 16.3. The minimum atomic E-state index is -0.0198. The first kappa shape index (κ1) is 12.8. The largest absolute Gasteiger partial charge is 0.396 e. The molecular weight excluding hydrogens is 226 g/mol. The molecule has 3 nitrogen and oxygen atoms in total. The maximum Gasteiger partial charge on any atom is 0.223 e. The maximum absolute atomic E-state index is 12.0. The molecule has 0 aliphatic carbocycles. The van der Waals surface area contributed by atoms with E-state index in [2.05, 4.69) is 6.58 Å². The van der Waals surface area contributed by atoms with Gasteiger partial charge in [-0.25, -0.2) is 0 Å². The van der Waals surface area contributed by atoms with Crippen molar-refractivity contribution < 1.29 is 9.90 Å². The van der Waals surface area contributed by atoms with Crippen molar-refractivity contribution in [2.45, 2.75) is 18.9 Å². The van der Waals surface area contributed by atoms with Crippen LogP contribution in [0.5, 0.6) is 0 Å². The van der Waals surface area contributed by atoms with Crippen molar-refractivity contribution in [2.75, 3.05) is 13.2 Å². The van der Waals surface area contributed by atoms with Crippen LogP contribution in [0.25, 0.3) is 0 Å². The Labute approximate surface area is 108 Å². The minimum Gasteiger partial charge on any atom is -0.396 e. The fourth-order valence-electron chi connectivity index (χ4n) is 2.52. The third kappa shape index (κ3) is 2.62. The van der Waals surface area contributed by atoms with Gasteiger partial charge in [0, 0.05) is 25.5 Å². The highest BCUT2D eigenvalue weighted by molar-refractivity contribution is 5.79. The normalized spacial score (nSPS) is 21.1. The summed E-state index contributed by atoms with van der Waals surface area (Å²) in [7, 11) is 0. The van der Waals surface area contributed by atoms with Crippen molar-refractivity contribution in [3.63, 3.8) is 0 Å². The molecule has 1 N–H and O–H groups in total. The summed E-state index contributed by atoms with van der Waals surface area (Å²) in [6.07, 6.45) is 2.97. The molecule has 3 heteroatoms. The van der Waals surface area contributed by atoms with Crippen molar-refractivity contribution in [1.82, 2.24) is 4.90 Å². The number of amides is 1. The number of aliphatic hydroxyl groups is 1. The lowest BCUT2D eigenvalue weighted by Gasteiger charge is -2.28. The fourth-order valence-corrected chi connectivity index (χ4v) is 2.52. The summed E-state index contributed by atoms with van der Waals surface area (Å²) in [6.45, 7) is 4.56. The van der Waals surface area contributed by atoms with Crippen LogP contribution in [0.4, 0.5) is 0 Å². The summed E-state index contributed by atoms with van der Waals surface area (Å²) < 4.78 is 0. The predicted molar refractivity (Wildman–Crippen MR) is 70.9 cm³/mol. The van der Waals surface area contributed by atoms with Gasteiger partial charge in [-0.3, -0.25) is 4.79 Å². The van der Waals surface area contributed by atoms with Gasteiger partial charge in [0.25, 0.3) is 0 Å². The average molecular weight is 245 g/mol. The predicted octanol–water partition coefficient (Wildman–Crippen LogP) is 2.14. The van der Waals surface area contributed by atoms with Gasteiger partial charge in [0.15, 0.2) is 0 Å². The Kier molecular flexibility index (Phi) is 4.15. The van der Waals surface area contributed by atoms with Gasteiger partial charge in [-0.2, -0.15) is 0 Å². The summed E-state index contributed by atoms with van der Waals surface area (Å²) >= 11 is 0. The molecule has 1 aliphatic rings. The van der Waals surface area contributed by atoms with E-state index in [1.54, 1.807) is 0 Å². The Morgan fingerprint density at radius 1 is 1.44 bits per heavy atom. The first-order valence-electron chi connectivity index (χ1n) is 6.34. The molecule has 2 atom stereocenters. The number of benzene rings is 1. The van der Waals surface area contributed by atoms with E-state index in [4.69, 9.17) is 0 Å². The molecule has 1 amide bonds. The highest BCUT2D eigenvalue weighted by Gasteiger charge is 2.33. The van der Waals surface area contributed by atoms with Crippen LogP contribution in [0, 0.1) is 5.92 Å². The number of carbonyl (C=O) groups is 1. The van der Waals surface area contributed by atoms with Crippen molar-refractivity contribution >= 4 is 5.91 Å². The number of nitrogens with zero attached hydrogens (tertiary/aromatic N) is 1. The lowest BCUT2D eigenvalue weighted by atomic mass is 10.0. The molecule has 1 aromatic carbocycles. The smallest absolute Gasteiger partial charge is 0.223 e. The molecule has 1 fully saturated rings. The van der Waals surface area contributed by atoms with Gasteiger partial charge in [-0.1, -0.05) is 36.4 Å². The van der Waals surface area contributed by atoms with E-state index in [0.717, 1.165) is 5.56 Å². The quantitative estimate of drug-likeness (QED) is 0.807. The molecule has 0 radical (unpaired) electrons. The lowest BCUT2D eigenvalue weighted by molar-refractivity contribution is -0.130. The van der Waals surface area contributed by atoms with Crippen LogP contribution in [-0.4, -0.2) is 29.1 Å². The van der Waals surface area contributed by atoms with Gasteiger partial charge in [-0.15, -0.1) is 6.58 Å². The van der Waals surface area contributed by atoms with E-state index in [1.165, 1.54) is 0 Å². The third-order valence-electron chi connectivity index (χ3n) is 3.48. The molecule has 96 valence electrons. The van der Waals surface area contributed by atoms with E-state index < -0.39 is 0 Å². The SMILES string of the molecule is C=CC1CC(=O)N(C(CCO)c2ccccc2)C1. The molecule has 2 rings (SSSR count). The van der Waals surface area contributed by atoms with E-state index >= 15 is 0 Å². The number of hydrogen-bond acceptors (Lipinski definition) is 2. The Morgan fingerprint density at radius 3 is 2.72 bits per heavy atom. The maximum atomic E-state index is 12.0. The van der Waals surface area contributed by atoms with E-state index in [9.17, 15) is 9.90 Å². The molecule has 1 aliphatic heterocycles. The molecule has 0 aromatic heterocycles. The van der Waals surface area contributed by atoms with Crippen LogP contribution >= 0.6 is 0 Å². The van der Waals surface area contributed by atoms with Crippen LogP contribution in [0.2, 0.25) is 0 Å². The van der Waals surface area contributed by atoms with Gasteiger partial charge < -0.3 is 10.0 Å². The lowest BCUT2D eigenvalue weighted by Crippen LogP contribution is -2.31. The molecule has 0 spiro atoms. The molecule has 1 heterocycles. The molecule has 0 bridgehead atoms. The zero-order valence-electron chi connectivity index (χ0n) is 10.5. The second-order valence-corrected chi connectivity index (χ2v) is 4.68. The van der Waals surface area contributed by atoms with Crippen molar-refractivity contribution in [1.29, 1.82) is 0 Å². The highest BCUT2D eigenvalue weighted by Crippen LogP contribution is 2.31. The summed E-state index contributed by atoms with van der Waals surface area (Å²) in [5.74, 6) is 0.393. The summed E-state index contributed by atoms with van der Waals surface area (Å²) in [5, 5.41) is 9.21. The monoisotopic (exact) mass is 245 g/mol. The molecule has 1 saturated heterocycles. The third-order valence-corrected chi connectivity index (χ3v) is 3.48. The van der Waals surface area contributed by atoms with Crippen molar-refractivity contribution in [2.24, 2.45) is 5.92 Å². The van der Waals surface area contributed by atoms with Gasteiger partial charge >= 0.3 is 0 Å². The van der Waals surface area contributed by atoms with E-state index in [-0.39, 0.29) is 24.5 Å². The van der Waals surface area contributed by atoms with Crippen LogP contribution in [0.15, 0.2) is 43.0 Å². The Bertz CT molecular complexity index is 416. The number of rotatable bonds is 5. The van der Waals surface area contributed by atoms with Gasteiger partial charge in [0.2, 0.25) is 5.91 Å². The summed E-state index contributed by atoms with van der Waals surface area (Å²) in [6, 6.07) is 9.88.